The Labute approximate surface area is 118 Å². The first-order valence-electron chi connectivity index (χ1n) is 5.72. The molecule has 9 heteroatoms. The molecular weight excluding hydrogens is 278 g/mol. The topological polar surface area (TPSA) is 112 Å². The predicted molar refractivity (Wildman–Crippen MR) is 75.5 cm³/mol. The molecule has 8 nitrogen and oxygen atoms in total. The van der Waals surface area contributed by atoms with Gasteiger partial charge in [0, 0.05) is 0 Å². The first-order valence-corrected chi connectivity index (χ1v) is 6.53. The van der Waals surface area contributed by atoms with Crippen molar-refractivity contribution in [1.82, 2.24) is 24.9 Å². The number of thiazole rings is 1. The standard InChI is InChI=1S/C11H11N7OS/c1-19-7-4-13-6(2-14-7)3-15-9-8-10(17-5-16-9)20-11(12)18-8/h2,4-5H,3H2,1H3,(H2,12,18)(H,15,16,17). The third kappa shape index (κ3) is 2.43. The Morgan fingerprint density at radius 3 is 2.90 bits per heavy atom. The molecule has 0 bridgehead atoms. The molecular formula is C11H11N7OS. The molecule has 20 heavy (non-hydrogen) atoms. The summed E-state index contributed by atoms with van der Waals surface area (Å²) in [5.74, 6) is 1.10. The Morgan fingerprint density at radius 2 is 2.15 bits per heavy atom. The van der Waals surface area contributed by atoms with E-state index in [9.17, 15) is 0 Å². The van der Waals surface area contributed by atoms with Crippen molar-refractivity contribution in [3.05, 3.63) is 24.4 Å². The largest absolute Gasteiger partial charge is 0.480 e. The molecule has 0 saturated carbocycles. The Morgan fingerprint density at radius 1 is 1.25 bits per heavy atom. The van der Waals surface area contributed by atoms with Crippen molar-refractivity contribution in [1.29, 1.82) is 0 Å². The van der Waals surface area contributed by atoms with Gasteiger partial charge in [0.1, 0.15) is 11.8 Å². The molecule has 0 radical (unpaired) electrons. The van der Waals surface area contributed by atoms with E-state index in [1.54, 1.807) is 19.5 Å². The van der Waals surface area contributed by atoms with Crippen LogP contribution in [-0.2, 0) is 6.54 Å². The molecule has 3 N–H and O–H groups in total. The van der Waals surface area contributed by atoms with E-state index in [-0.39, 0.29) is 0 Å². The maximum Gasteiger partial charge on any atom is 0.231 e. The molecule has 0 amide bonds. The van der Waals surface area contributed by atoms with E-state index in [4.69, 9.17) is 10.5 Å². The molecule has 3 aromatic heterocycles. The molecule has 0 saturated heterocycles. The van der Waals surface area contributed by atoms with E-state index >= 15 is 0 Å². The van der Waals surface area contributed by atoms with Crippen molar-refractivity contribution < 1.29 is 4.74 Å². The van der Waals surface area contributed by atoms with Crippen LogP contribution < -0.4 is 15.8 Å². The summed E-state index contributed by atoms with van der Waals surface area (Å²) >= 11 is 1.32. The van der Waals surface area contributed by atoms with Crippen LogP contribution in [0.4, 0.5) is 10.9 Å². The van der Waals surface area contributed by atoms with Crippen LogP contribution in [0.3, 0.4) is 0 Å². The number of rotatable bonds is 4. The lowest BCUT2D eigenvalue weighted by Crippen LogP contribution is -2.05. The van der Waals surface area contributed by atoms with Gasteiger partial charge in [-0.05, 0) is 0 Å². The highest BCUT2D eigenvalue weighted by molar-refractivity contribution is 7.21. The second kappa shape index (κ2) is 5.21. The van der Waals surface area contributed by atoms with Crippen molar-refractivity contribution >= 4 is 32.6 Å². The third-order valence-corrected chi connectivity index (χ3v) is 3.33. The van der Waals surface area contributed by atoms with Crippen molar-refractivity contribution in [3.63, 3.8) is 0 Å². The van der Waals surface area contributed by atoms with Crippen LogP contribution in [0.15, 0.2) is 18.7 Å². The van der Waals surface area contributed by atoms with Crippen LogP contribution in [0.1, 0.15) is 5.69 Å². The minimum Gasteiger partial charge on any atom is -0.480 e. The number of nitrogens with zero attached hydrogens (tertiary/aromatic N) is 5. The van der Waals surface area contributed by atoms with Crippen molar-refractivity contribution in [2.24, 2.45) is 0 Å². The fourth-order valence-corrected chi connectivity index (χ4v) is 2.29. The Bertz CT molecular complexity index is 727. The highest BCUT2D eigenvalue weighted by Crippen LogP contribution is 2.25. The highest BCUT2D eigenvalue weighted by atomic mass is 32.1. The normalized spacial score (nSPS) is 10.7. The molecule has 3 rings (SSSR count). The van der Waals surface area contributed by atoms with Crippen molar-refractivity contribution in [3.8, 4) is 5.88 Å². The van der Waals surface area contributed by atoms with Gasteiger partial charge in [-0.15, -0.1) is 0 Å². The quantitative estimate of drug-likeness (QED) is 0.733. The lowest BCUT2D eigenvalue weighted by molar-refractivity contribution is 0.395. The summed E-state index contributed by atoms with van der Waals surface area (Å²) in [5.41, 5.74) is 7.10. The molecule has 0 atom stereocenters. The minimum atomic E-state index is 0.466. The summed E-state index contributed by atoms with van der Waals surface area (Å²) in [6.07, 6.45) is 4.68. The van der Waals surface area contributed by atoms with Crippen LogP contribution in [-0.4, -0.2) is 32.0 Å². The summed E-state index contributed by atoms with van der Waals surface area (Å²) in [4.78, 5) is 21.5. The number of methoxy groups -OCH3 is 1. The maximum atomic E-state index is 5.67. The molecule has 0 spiro atoms. The van der Waals surface area contributed by atoms with Gasteiger partial charge in [0.25, 0.3) is 0 Å². The molecule has 0 aromatic carbocycles. The lowest BCUT2D eigenvalue weighted by Gasteiger charge is -2.05. The summed E-state index contributed by atoms with van der Waals surface area (Å²) in [6.45, 7) is 0.473. The average Bonchev–Trinajstić information content (AvgIpc) is 2.86. The Kier molecular flexibility index (Phi) is 3.25. The monoisotopic (exact) mass is 289 g/mol. The fourth-order valence-electron chi connectivity index (χ4n) is 1.61. The summed E-state index contributed by atoms with van der Waals surface area (Å²) in [6, 6.07) is 0. The Hall–Kier alpha value is -2.55. The number of nitrogen functional groups attached to an aromatic ring is 1. The number of fused-ring (bicyclic) bond motifs is 1. The molecule has 3 heterocycles. The maximum absolute atomic E-state index is 5.67. The number of ether oxygens (including phenoxy) is 1. The molecule has 0 aliphatic rings. The van der Waals surface area contributed by atoms with E-state index in [0.717, 1.165) is 10.5 Å². The van der Waals surface area contributed by atoms with Gasteiger partial charge in [0.05, 0.1) is 31.7 Å². The van der Waals surface area contributed by atoms with Gasteiger partial charge in [-0.2, -0.15) is 0 Å². The summed E-state index contributed by atoms with van der Waals surface area (Å²) in [5, 5.41) is 3.61. The van der Waals surface area contributed by atoms with Gasteiger partial charge < -0.3 is 15.8 Å². The number of nitrogens with one attached hydrogen (secondary N) is 1. The van der Waals surface area contributed by atoms with Crippen LogP contribution in [0.25, 0.3) is 10.3 Å². The first kappa shape index (κ1) is 12.5. The zero-order valence-corrected chi connectivity index (χ0v) is 11.4. The van der Waals surface area contributed by atoms with Gasteiger partial charge >= 0.3 is 0 Å². The Balaban J connectivity index is 1.79. The number of aromatic nitrogens is 5. The van der Waals surface area contributed by atoms with Gasteiger partial charge in [-0.25, -0.2) is 19.9 Å². The van der Waals surface area contributed by atoms with Crippen LogP contribution in [0, 0.1) is 0 Å². The van der Waals surface area contributed by atoms with E-state index in [2.05, 4.69) is 30.2 Å². The molecule has 0 aliphatic carbocycles. The fraction of sp³-hybridized carbons (Fsp3) is 0.182. The number of anilines is 2. The van der Waals surface area contributed by atoms with Crippen molar-refractivity contribution in [2.45, 2.75) is 6.54 Å². The number of hydrogen-bond donors (Lipinski definition) is 2. The zero-order valence-electron chi connectivity index (χ0n) is 10.6. The van der Waals surface area contributed by atoms with Gasteiger partial charge in [0.15, 0.2) is 15.8 Å². The highest BCUT2D eigenvalue weighted by Gasteiger charge is 2.09. The van der Waals surface area contributed by atoms with E-state index in [1.165, 1.54) is 17.7 Å². The predicted octanol–water partition coefficient (Wildman–Crippen LogP) is 1.08. The molecule has 102 valence electrons. The summed E-state index contributed by atoms with van der Waals surface area (Å²) in [7, 11) is 1.55. The molecule has 0 aliphatic heterocycles. The van der Waals surface area contributed by atoms with E-state index in [0.29, 0.717) is 28.9 Å². The second-order valence-corrected chi connectivity index (χ2v) is 4.84. The van der Waals surface area contributed by atoms with E-state index < -0.39 is 0 Å². The number of hydrogen-bond acceptors (Lipinski definition) is 9. The van der Waals surface area contributed by atoms with Crippen LogP contribution in [0.2, 0.25) is 0 Å². The molecule has 0 fully saturated rings. The van der Waals surface area contributed by atoms with Crippen LogP contribution in [0.5, 0.6) is 5.88 Å². The van der Waals surface area contributed by atoms with Gasteiger partial charge in [0.2, 0.25) is 5.88 Å². The average molecular weight is 289 g/mol. The van der Waals surface area contributed by atoms with Crippen molar-refractivity contribution in [2.75, 3.05) is 18.2 Å². The first-order chi connectivity index (χ1) is 9.76. The zero-order chi connectivity index (χ0) is 13.9. The SMILES string of the molecule is COc1cnc(CNc2ncnc3sc(N)nc23)cn1. The molecule has 3 aromatic rings. The minimum absolute atomic E-state index is 0.466. The second-order valence-electron chi connectivity index (χ2n) is 3.83. The van der Waals surface area contributed by atoms with Gasteiger partial charge in [-0.3, -0.25) is 4.98 Å². The van der Waals surface area contributed by atoms with Gasteiger partial charge in [-0.1, -0.05) is 11.3 Å². The number of nitrogens with two attached hydrogens (primary N) is 1. The summed E-state index contributed by atoms with van der Waals surface area (Å²) < 4.78 is 4.96. The lowest BCUT2D eigenvalue weighted by atomic mass is 10.4. The third-order valence-electron chi connectivity index (χ3n) is 2.54. The van der Waals surface area contributed by atoms with Crippen LogP contribution >= 0.6 is 11.3 Å². The smallest absolute Gasteiger partial charge is 0.231 e. The molecule has 0 unspecified atom stereocenters. The van der Waals surface area contributed by atoms with E-state index in [1.807, 2.05) is 0 Å².